The lowest BCUT2D eigenvalue weighted by molar-refractivity contribution is 0.109. The second-order valence-electron chi connectivity index (χ2n) is 7.27. The Labute approximate surface area is 191 Å². The Hall–Kier alpha value is -1.61. The minimum absolute atomic E-state index is 0. The number of halogens is 1. The van der Waals surface area contributed by atoms with Gasteiger partial charge in [0.2, 0.25) is 5.89 Å². The van der Waals surface area contributed by atoms with Crippen LogP contribution in [-0.2, 0) is 11.2 Å². The van der Waals surface area contributed by atoms with E-state index in [9.17, 15) is 0 Å². The van der Waals surface area contributed by atoms with Crippen LogP contribution >= 0.6 is 24.0 Å². The number of aromatic nitrogens is 1. The molecular weight excluding hydrogens is 479 g/mol. The Balaban J connectivity index is 0.00000420. The van der Waals surface area contributed by atoms with Gasteiger partial charge in [-0.05, 0) is 38.3 Å². The summed E-state index contributed by atoms with van der Waals surface area (Å²) in [4.78, 5) is 9.17. The molecule has 1 aromatic heterocycles. The molecule has 1 aromatic carbocycles. The van der Waals surface area contributed by atoms with Gasteiger partial charge in [-0.25, -0.2) is 4.98 Å². The molecule has 0 bridgehead atoms. The van der Waals surface area contributed by atoms with Crippen molar-refractivity contribution >= 4 is 29.9 Å². The third-order valence-corrected chi connectivity index (χ3v) is 4.04. The molecule has 162 valence electrons. The summed E-state index contributed by atoms with van der Waals surface area (Å²) in [6, 6.07) is 8.19. The summed E-state index contributed by atoms with van der Waals surface area (Å²) in [7, 11) is 0. The number of hydrogen-bond donors (Lipinski definition) is 2. The Kier molecular flexibility index (Phi) is 12.6. The first-order chi connectivity index (χ1) is 13.6. The van der Waals surface area contributed by atoms with Gasteiger partial charge in [0, 0.05) is 44.8 Å². The van der Waals surface area contributed by atoms with Crippen LogP contribution in [0.1, 0.15) is 38.4 Å². The summed E-state index contributed by atoms with van der Waals surface area (Å²) < 4.78 is 11.2. The summed E-state index contributed by atoms with van der Waals surface area (Å²) in [5.41, 5.74) is 3.15. The van der Waals surface area contributed by atoms with Crippen LogP contribution in [0, 0.1) is 12.8 Å². The van der Waals surface area contributed by atoms with E-state index in [1.54, 1.807) is 6.26 Å². The number of hydrogen-bond acceptors (Lipinski definition) is 4. The number of nitrogens with zero attached hydrogens (tertiary/aromatic N) is 2. The van der Waals surface area contributed by atoms with E-state index in [0.29, 0.717) is 11.8 Å². The highest BCUT2D eigenvalue weighted by atomic mass is 127. The number of nitrogens with one attached hydrogen (secondary N) is 2. The number of ether oxygens (including phenoxy) is 1. The van der Waals surface area contributed by atoms with Crippen molar-refractivity contribution in [3.63, 3.8) is 0 Å². The lowest BCUT2D eigenvalue weighted by atomic mass is 10.1. The monoisotopic (exact) mass is 514 g/mol. The van der Waals surface area contributed by atoms with Crippen molar-refractivity contribution in [1.82, 2.24) is 15.6 Å². The highest BCUT2D eigenvalue weighted by molar-refractivity contribution is 14.0. The van der Waals surface area contributed by atoms with Crippen LogP contribution < -0.4 is 10.6 Å². The lowest BCUT2D eigenvalue weighted by Crippen LogP contribution is -2.38. The van der Waals surface area contributed by atoms with E-state index in [0.717, 1.165) is 62.9 Å². The van der Waals surface area contributed by atoms with Crippen LogP contribution in [0.4, 0.5) is 0 Å². The third kappa shape index (κ3) is 10.1. The van der Waals surface area contributed by atoms with Crippen molar-refractivity contribution < 1.29 is 9.15 Å². The van der Waals surface area contributed by atoms with Crippen LogP contribution in [0.15, 0.2) is 39.9 Å². The third-order valence-electron chi connectivity index (χ3n) is 4.04. The summed E-state index contributed by atoms with van der Waals surface area (Å²) in [5, 5.41) is 6.62. The molecule has 29 heavy (non-hydrogen) atoms. The van der Waals surface area contributed by atoms with Crippen LogP contribution in [0.2, 0.25) is 0 Å². The Bertz CT molecular complexity index is 714. The van der Waals surface area contributed by atoms with Gasteiger partial charge in [-0.1, -0.05) is 31.5 Å². The van der Waals surface area contributed by atoms with Gasteiger partial charge in [0.05, 0.1) is 5.69 Å². The first-order valence-corrected chi connectivity index (χ1v) is 10.2. The predicted octanol–water partition coefficient (Wildman–Crippen LogP) is 4.43. The fourth-order valence-corrected chi connectivity index (χ4v) is 2.58. The van der Waals surface area contributed by atoms with E-state index in [-0.39, 0.29) is 24.0 Å². The number of oxazole rings is 1. The van der Waals surface area contributed by atoms with E-state index >= 15 is 0 Å². The Morgan fingerprint density at radius 3 is 2.66 bits per heavy atom. The predicted molar refractivity (Wildman–Crippen MR) is 130 cm³/mol. The Morgan fingerprint density at radius 2 is 1.97 bits per heavy atom. The van der Waals surface area contributed by atoms with Crippen LogP contribution in [-0.4, -0.2) is 43.8 Å². The van der Waals surface area contributed by atoms with Crippen LogP contribution in [0.3, 0.4) is 0 Å². The van der Waals surface area contributed by atoms with Gasteiger partial charge in [-0.3, -0.25) is 4.99 Å². The maximum atomic E-state index is 5.62. The van der Waals surface area contributed by atoms with Crippen LogP contribution in [0.5, 0.6) is 0 Å². The van der Waals surface area contributed by atoms with Gasteiger partial charge in [0.1, 0.15) is 6.26 Å². The van der Waals surface area contributed by atoms with Gasteiger partial charge < -0.3 is 19.8 Å². The fourth-order valence-electron chi connectivity index (χ4n) is 2.58. The van der Waals surface area contributed by atoms with E-state index in [1.807, 2.05) is 12.1 Å². The fraction of sp³-hybridized carbons (Fsp3) is 0.545. The SMILES string of the molecule is CCNC(=NCCCOCC(C)C)NCCc1coc(-c2ccc(C)cc2)n1.I. The standard InChI is InChI=1S/C22H34N4O2.HI/c1-5-23-22(24-12-6-14-27-15-17(2)3)25-13-11-20-16-28-21(26-20)19-9-7-18(4)8-10-19;/h7-10,16-17H,5-6,11-15H2,1-4H3,(H2,23,24,25);1H. The van der Waals surface area contributed by atoms with E-state index in [2.05, 4.69) is 60.4 Å². The van der Waals surface area contributed by atoms with Crippen LogP contribution in [0.25, 0.3) is 11.5 Å². The number of aryl methyl sites for hydroxylation is 1. The van der Waals surface area contributed by atoms with Crippen molar-refractivity contribution in [2.45, 2.75) is 40.5 Å². The molecule has 2 aromatic rings. The van der Waals surface area contributed by atoms with E-state index in [1.165, 1.54) is 5.56 Å². The Morgan fingerprint density at radius 1 is 1.21 bits per heavy atom. The average Bonchev–Trinajstić information content (AvgIpc) is 3.13. The molecule has 2 rings (SSSR count). The first-order valence-electron chi connectivity index (χ1n) is 10.2. The maximum absolute atomic E-state index is 5.62. The molecule has 6 nitrogen and oxygen atoms in total. The lowest BCUT2D eigenvalue weighted by Gasteiger charge is -2.11. The van der Waals surface area contributed by atoms with Gasteiger partial charge in [-0.15, -0.1) is 24.0 Å². The normalized spacial score (nSPS) is 11.4. The molecule has 0 aliphatic heterocycles. The quantitative estimate of drug-likeness (QED) is 0.201. The highest BCUT2D eigenvalue weighted by Crippen LogP contribution is 2.19. The summed E-state index contributed by atoms with van der Waals surface area (Å²) >= 11 is 0. The zero-order valence-corrected chi connectivity index (χ0v) is 20.4. The van der Waals surface area contributed by atoms with Gasteiger partial charge in [0.25, 0.3) is 0 Å². The van der Waals surface area contributed by atoms with Crippen molar-refractivity contribution in [2.24, 2.45) is 10.9 Å². The molecule has 7 heteroatoms. The topological polar surface area (TPSA) is 71.7 Å². The largest absolute Gasteiger partial charge is 0.444 e. The molecule has 0 amide bonds. The van der Waals surface area contributed by atoms with Crippen molar-refractivity contribution in [1.29, 1.82) is 0 Å². The molecule has 0 spiro atoms. The van der Waals surface area contributed by atoms with Crippen molar-refractivity contribution in [2.75, 3.05) is 32.8 Å². The first kappa shape index (κ1) is 25.4. The zero-order chi connectivity index (χ0) is 20.2. The minimum atomic E-state index is 0. The number of guanidine groups is 1. The number of rotatable bonds is 11. The number of benzene rings is 1. The van der Waals surface area contributed by atoms with Gasteiger partial charge in [0.15, 0.2) is 5.96 Å². The summed E-state index contributed by atoms with van der Waals surface area (Å²) in [6.45, 7) is 12.3. The van der Waals surface area contributed by atoms with E-state index in [4.69, 9.17) is 9.15 Å². The molecule has 1 heterocycles. The van der Waals surface area contributed by atoms with Crippen molar-refractivity contribution in [3.8, 4) is 11.5 Å². The second-order valence-corrected chi connectivity index (χ2v) is 7.27. The summed E-state index contributed by atoms with van der Waals surface area (Å²) in [6.07, 6.45) is 3.43. The zero-order valence-electron chi connectivity index (χ0n) is 18.0. The second kappa shape index (κ2) is 14.4. The molecule has 0 saturated heterocycles. The molecule has 0 fully saturated rings. The van der Waals surface area contributed by atoms with Gasteiger partial charge in [-0.2, -0.15) is 0 Å². The molecule has 0 saturated carbocycles. The summed E-state index contributed by atoms with van der Waals surface area (Å²) in [5.74, 6) is 2.07. The van der Waals surface area contributed by atoms with Crippen molar-refractivity contribution in [3.05, 3.63) is 41.8 Å². The molecule has 0 unspecified atom stereocenters. The smallest absolute Gasteiger partial charge is 0.226 e. The van der Waals surface area contributed by atoms with Gasteiger partial charge >= 0.3 is 0 Å². The maximum Gasteiger partial charge on any atom is 0.226 e. The van der Waals surface area contributed by atoms with E-state index < -0.39 is 0 Å². The number of aliphatic imine (C=N–C) groups is 1. The molecular formula is C22H35IN4O2. The minimum Gasteiger partial charge on any atom is -0.444 e. The average molecular weight is 514 g/mol. The molecule has 0 aliphatic rings. The molecule has 0 aliphatic carbocycles. The molecule has 0 radical (unpaired) electrons. The molecule has 0 atom stereocenters. The molecule has 2 N–H and O–H groups in total. The highest BCUT2D eigenvalue weighted by Gasteiger charge is 2.07.